The molecular formula is C16H30O. The van der Waals surface area contributed by atoms with E-state index in [0.29, 0.717) is 5.92 Å². The predicted molar refractivity (Wildman–Crippen MR) is 74.1 cm³/mol. The first-order valence-corrected chi connectivity index (χ1v) is 7.75. The molecule has 2 atom stereocenters. The van der Waals surface area contributed by atoms with Crippen molar-refractivity contribution in [3.63, 3.8) is 0 Å². The van der Waals surface area contributed by atoms with Crippen LogP contribution in [0.4, 0.5) is 0 Å². The second-order valence-corrected chi connectivity index (χ2v) is 5.82. The minimum atomic E-state index is -0.000903. The van der Waals surface area contributed by atoms with Gasteiger partial charge in [0.05, 0.1) is 0 Å². The van der Waals surface area contributed by atoms with E-state index in [9.17, 15) is 4.79 Å². The maximum atomic E-state index is 11.6. The molecule has 0 aromatic rings. The highest BCUT2D eigenvalue weighted by Gasteiger charge is 2.35. The average molecular weight is 238 g/mol. The fraction of sp³-hybridized carbons (Fsp3) is 0.938. The summed E-state index contributed by atoms with van der Waals surface area (Å²) in [4.78, 5) is 11.6. The molecule has 0 amide bonds. The van der Waals surface area contributed by atoms with Gasteiger partial charge in [-0.25, -0.2) is 0 Å². The Hall–Kier alpha value is -0.330. The normalized spacial score (nSPS) is 32.7. The van der Waals surface area contributed by atoms with Crippen molar-refractivity contribution in [2.24, 2.45) is 11.3 Å². The van der Waals surface area contributed by atoms with Gasteiger partial charge >= 0.3 is 0 Å². The molecule has 1 aliphatic rings. The minimum Gasteiger partial charge on any atom is -0.303 e. The van der Waals surface area contributed by atoms with Gasteiger partial charge in [-0.1, -0.05) is 65.2 Å². The quantitative estimate of drug-likeness (QED) is 0.623. The Kier molecular flexibility index (Phi) is 6.84. The van der Waals surface area contributed by atoms with Gasteiger partial charge in [-0.15, -0.1) is 0 Å². The fourth-order valence-electron chi connectivity index (χ4n) is 3.53. The molecule has 0 heterocycles. The number of hydrogen-bond acceptors (Lipinski definition) is 1. The molecule has 1 aliphatic carbocycles. The SMILES string of the molecule is CCC1CCCCCCCCCC1(C=O)CC. The van der Waals surface area contributed by atoms with E-state index in [2.05, 4.69) is 13.8 Å². The summed E-state index contributed by atoms with van der Waals surface area (Å²) in [6.45, 7) is 4.47. The zero-order chi connectivity index (χ0) is 12.6. The Balaban J connectivity index is 2.72. The second kappa shape index (κ2) is 7.89. The van der Waals surface area contributed by atoms with Gasteiger partial charge in [0.15, 0.2) is 0 Å². The Morgan fingerprint density at radius 1 is 1.00 bits per heavy atom. The molecule has 100 valence electrons. The highest BCUT2D eigenvalue weighted by molar-refractivity contribution is 5.59. The van der Waals surface area contributed by atoms with Crippen LogP contribution >= 0.6 is 0 Å². The molecule has 0 spiro atoms. The van der Waals surface area contributed by atoms with Crippen LogP contribution in [-0.2, 0) is 4.79 Å². The van der Waals surface area contributed by atoms with Crippen LogP contribution in [0.2, 0.25) is 0 Å². The molecule has 0 saturated heterocycles. The molecule has 1 rings (SSSR count). The van der Waals surface area contributed by atoms with E-state index < -0.39 is 0 Å². The van der Waals surface area contributed by atoms with Crippen LogP contribution < -0.4 is 0 Å². The maximum Gasteiger partial charge on any atom is 0.126 e. The number of carbonyl (C=O) groups is 1. The van der Waals surface area contributed by atoms with Crippen LogP contribution in [0.3, 0.4) is 0 Å². The summed E-state index contributed by atoms with van der Waals surface area (Å²) < 4.78 is 0. The van der Waals surface area contributed by atoms with E-state index in [0.717, 1.165) is 12.8 Å². The first-order chi connectivity index (χ1) is 8.29. The highest BCUT2D eigenvalue weighted by atomic mass is 16.1. The van der Waals surface area contributed by atoms with Crippen LogP contribution in [-0.4, -0.2) is 6.29 Å². The summed E-state index contributed by atoms with van der Waals surface area (Å²) in [5, 5.41) is 0. The second-order valence-electron chi connectivity index (χ2n) is 5.82. The molecule has 0 aliphatic heterocycles. The van der Waals surface area contributed by atoms with Crippen LogP contribution in [0.25, 0.3) is 0 Å². The summed E-state index contributed by atoms with van der Waals surface area (Å²) in [6.07, 6.45) is 15.4. The number of hydrogen-bond donors (Lipinski definition) is 0. The fourth-order valence-corrected chi connectivity index (χ4v) is 3.53. The molecule has 1 nitrogen and oxygen atoms in total. The lowest BCUT2D eigenvalue weighted by atomic mass is 9.68. The van der Waals surface area contributed by atoms with Crippen molar-refractivity contribution in [1.29, 1.82) is 0 Å². The van der Waals surface area contributed by atoms with Crippen molar-refractivity contribution < 1.29 is 4.79 Å². The molecule has 0 bridgehead atoms. The van der Waals surface area contributed by atoms with Gasteiger partial charge in [-0.3, -0.25) is 0 Å². The number of rotatable bonds is 3. The van der Waals surface area contributed by atoms with E-state index in [1.54, 1.807) is 0 Å². The molecule has 0 aromatic carbocycles. The van der Waals surface area contributed by atoms with E-state index >= 15 is 0 Å². The standard InChI is InChI=1S/C16H30O/c1-3-15-12-10-8-6-5-7-9-11-13-16(15,4-2)14-17/h14-15H,3-13H2,1-2H3. The lowest BCUT2D eigenvalue weighted by Gasteiger charge is -2.35. The van der Waals surface area contributed by atoms with Crippen molar-refractivity contribution in [2.75, 3.05) is 0 Å². The lowest BCUT2D eigenvalue weighted by molar-refractivity contribution is -0.120. The Labute approximate surface area is 107 Å². The Morgan fingerprint density at radius 3 is 2.12 bits per heavy atom. The molecular weight excluding hydrogens is 208 g/mol. The Bertz CT molecular complexity index is 212. The van der Waals surface area contributed by atoms with Crippen molar-refractivity contribution in [3.8, 4) is 0 Å². The summed E-state index contributed by atoms with van der Waals surface area (Å²) >= 11 is 0. The lowest BCUT2D eigenvalue weighted by Crippen LogP contribution is -2.31. The molecule has 17 heavy (non-hydrogen) atoms. The minimum absolute atomic E-state index is 0.000903. The van der Waals surface area contributed by atoms with Gasteiger partial charge < -0.3 is 4.79 Å². The van der Waals surface area contributed by atoms with Gasteiger partial charge in [0, 0.05) is 5.41 Å². The summed E-state index contributed by atoms with van der Waals surface area (Å²) in [5.41, 5.74) is -0.000903. The summed E-state index contributed by atoms with van der Waals surface area (Å²) in [6, 6.07) is 0. The van der Waals surface area contributed by atoms with E-state index in [4.69, 9.17) is 0 Å². The van der Waals surface area contributed by atoms with Gasteiger partial charge in [-0.2, -0.15) is 0 Å². The number of aldehydes is 1. The molecule has 0 aromatic heterocycles. The van der Waals surface area contributed by atoms with Crippen molar-refractivity contribution >= 4 is 6.29 Å². The van der Waals surface area contributed by atoms with Crippen molar-refractivity contribution in [1.82, 2.24) is 0 Å². The van der Waals surface area contributed by atoms with Crippen molar-refractivity contribution in [2.45, 2.75) is 84.5 Å². The first-order valence-electron chi connectivity index (χ1n) is 7.75. The van der Waals surface area contributed by atoms with Crippen LogP contribution in [0.15, 0.2) is 0 Å². The van der Waals surface area contributed by atoms with Crippen LogP contribution in [0.5, 0.6) is 0 Å². The van der Waals surface area contributed by atoms with Crippen LogP contribution in [0, 0.1) is 11.3 Å². The molecule has 0 radical (unpaired) electrons. The van der Waals surface area contributed by atoms with Gasteiger partial charge in [0.25, 0.3) is 0 Å². The molecule has 0 N–H and O–H groups in total. The van der Waals surface area contributed by atoms with Gasteiger partial charge in [0.2, 0.25) is 0 Å². The van der Waals surface area contributed by atoms with Gasteiger partial charge in [0.1, 0.15) is 6.29 Å². The van der Waals surface area contributed by atoms with Crippen LogP contribution in [0.1, 0.15) is 84.5 Å². The molecule has 2 unspecified atom stereocenters. The smallest absolute Gasteiger partial charge is 0.126 e. The van der Waals surface area contributed by atoms with Gasteiger partial charge in [-0.05, 0) is 25.2 Å². The number of carbonyl (C=O) groups excluding carboxylic acids is 1. The first kappa shape index (κ1) is 14.7. The molecule has 1 saturated carbocycles. The Morgan fingerprint density at radius 2 is 1.59 bits per heavy atom. The predicted octanol–water partition coefficient (Wildman–Crippen LogP) is 5.13. The monoisotopic (exact) mass is 238 g/mol. The highest BCUT2D eigenvalue weighted by Crippen LogP contribution is 2.40. The third-order valence-electron chi connectivity index (χ3n) is 4.89. The zero-order valence-electron chi connectivity index (χ0n) is 11.8. The molecule has 1 fully saturated rings. The third kappa shape index (κ3) is 4.12. The zero-order valence-corrected chi connectivity index (χ0v) is 11.8. The molecule has 1 heteroatoms. The van der Waals surface area contributed by atoms with E-state index in [-0.39, 0.29) is 5.41 Å². The van der Waals surface area contributed by atoms with E-state index in [1.807, 2.05) is 0 Å². The topological polar surface area (TPSA) is 17.1 Å². The average Bonchev–Trinajstić information content (AvgIpc) is 2.41. The largest absolute Gasteiger partial charge is 0.303 e. The summed E-state index contributed by atoms with van der Waals surface area (Å²) in [7, 11) is 0. The third-order valence-corrected chi connectivity index (χ3v) is 4.89. The van der Waals surface area contributed by atoms with E-state index in [1.165, 1.54) is 64.1 Å². The maximum absolute atomic E-state index is 11.6. The summed E-state index contributed by atoms with van der Waals surface area (Å²) in [5.74, 6) is 0.628. The van der Waals surface area contributed by atoms with Crippen molar-refractivity contribution in [3.05, 3.63) is 0 Å².